The van der Waals surface area contributed by atoms with E-state index in [4.69, 9.17) is 0 Å². The Bertz CT molecular complexity index is 1380. The number of aromatic nitrogens is 2. The molecule has 40 heavy (non-hydrogen) atoms. The number of para-hydroxylation sites is 1. The monoisotopic (exact) mass is 555 g/mol. The van der Waals surface area contributed by atoms with Crippen LogP contribution < -0.4 is 10.2 Å². The molecule has 2 amide bonds. The van der Waals surface area contributed by atoms with Gasteiger partial charge in [0.05, 0.1) is 23.1 Å². The van der Waals surface area contributed by atoms with E-state index in [0.29, 0.717) is 50.4 Å². The van der Waals surface area contributed by atoms with Crippen molar-refractivity contribution in [3.05, 3.63) is 72.1 Å². The highest BCUT2D eigenvalue weighted by atomic mass is 19.4. The van der Waals surface area contributed by atoms with Crippen molar-refractivity contribution in [3.8, 4) is 5.69 Å². The van der Waals surface area contributed by atoms with Gasteiger partial charge in [-0.3, -0.25) is 14.4 Å². The summed E-state index contributed by atoms with van der Waals surface area (Å²) in [7, 11) is 0. The molecule has 2 aliphatic rings. The van der Waals surface area contributed by atoms with Crippen molar-refractivity contribution >= 4 is 29.2 Å². The van der Waals surface area contributed by atoms with E-state index >= 15 is 0 Å². The number of carbonyl (C=O) groups excluding carboxylic acids is 2. The second-order valence-corrected chi connectivity index (χ2v) is 9.96. The molecule has 2 atom stereocenters. The number of carboxylic acids is 1. The van der Waals surface area contributed by atoms with Crippen LogP contribution in [0.1, 0.15) is 35.3 Å². The summed E-state index contributed by atoms with van der Waals surface area (Å²) in [4.78, 5) is 41.0. The third kappa shape index (κ3) is 5.65. The Labute approximate surface area is 228 Å². The van der Waals surface area contributed by atoms with Crippen LogP contribution in [0.5, 0.6) is 0 Å². The Morgan fingerprint density at radius 2 is 1.52 bits per heavy atom. The lowest BCUT2D eigenvalue weighted by atomic mass is 9.94. The summed E-state index contributed by atoms with van der Waals surface area (Å²) in [6.45, 7) is 2.03. The molecule has 1 aliphatic heterocycles. The number of nitrogens with zero attached hydrogens (tertiary/aromatic N) is 4. The molecule has 1 aromatic heterocycles. The summed E-state index contributed by atoms with van der Waals surface area (Å²) in [5.74, 6) is -3.03. The fourth-order valence-electron chi connectivity index (χ4n) is 5.39. The second-order valence-electron chi connectivity index (χ2n) is 9.96. The predicted molar refractivity (Wildman–Crippen MR) is 140 cm³/mol. The van der Waals surface area contributed by atoms with E-state index in [0.717, 1.165) is 23.0 Å². The smallest absolute Gasteiger partial charge is 0.435 e. The lowest BCUT2D eigenvalue weighted by molar-refractivity contribution is -0.149. The number of aliphatic carboxylic acids is 1. The van der Waals surface area contributed by atoms with Gasteiger partial charge in [-0.05, 0) is 49.2 Å². The van der Waals surface area contributed by atoms with Gasteiger partial charge in [0.25, 0.3) is 5.91 Å². The first-order valence-corrected chi connectivity index (χ1v) is 13.0. The lowest BCUT2D eigenvalue weighted by Crippen LogP contribution is -2.51. The molecule has 0 spiro atoms. The number of amides is 2. The van der Waals surface area contributed by atoms with Crippen molar-refractivity contribution in [1.82, 2.24) is 14.7 Å². The summed E-state index contributed by atoms with van der Waals surface area (Å²) >= 11 is 0. The Kier molecular flexibility index (Phi) is 7.51. The van der Waals surface area contributed by atoms with E-state index in [1.165, 1.54) is 0 Å². The van der Waals surface area contributed by atoms with Crippen molar-refractivity contribution in [2.45, 2.75) is 25.4 Å². The Morgan fingerprint density at radius 3 is 2.15 bits per heavy atom. The van der Waals surface area contributed by atoms with Gasteiger partial charge < -0.3 is 20.2 Å². The summed E-state index contributed by atoms with van der Waals surface area (Å²) in [5, 5.41) is 15.5. The number of piperazine rings is 1. The molecule has 0 radical (unpaired) electrons. The molecule has 2 fully saturated rings. The summed E-state index contributed by atoms with van der Waals surface area (Å²) < 4.78 is 42.0. The zero-order chi connectivity index (χ0) is 28.4. The molecule has 12 heteroatoms. The van der Waals surface area contributed by atoms with Crippen LogP contribution in [0.3, 0.4) is 0 Å². The minimum atomic E-state index is -4.81. The number of carbonyl (C=O) groups is 3. The van der Waals surface area contributed by atoms with Crippen molar-refractivity contribution in [2.24, 2.45) is 11.8 Å². The van der Waals surface area contributed by atoms with Gasteiger partial charge in [0.15, 0.2) is 5.69 Å². The molecule has 2 aromatic carbocycles. The van der Waals surface area contributed by atoms with E-state index in [1.807, 2.05) is 0 Å². The number of hydrogen-bond donors (Lipinski definition) is 2. The van der Waals surface area contributed by atoms with Gasteiger partial charge in [-0.25, -0.2) is 4.68 Å². The number of alkyl halides is 3. The van der Waals surface area contributed by atoms with Crippen LogP contribution in [0.25, 0.3) is 5.69 Å². The van der Waals surface area contributed by atoms with Crippen molar-refractivity contribution in [1.29, 1.82) is 0 Å². The highest BCUT2D eigenvalue weighted by Crippen LogP contribution is 2.34. The van der Waals surface area contributed by atoms with E-state index < -0.39 is 41.1 Å². The molecular weight excluding hydrogens is 527 g/mol. The number of benzene rings is 2. The molecule has 5 rings (SSSR count). The molecule has 2 N–H and O–H groups in total. The lowest BCUT2D eigenvalue weighted by Gasteiger charge is -2.37. The summed E-state index contributed by atoms with van der Waals surface area (Å²) in [6, 6.07) is 14.9. The van der Waals surface area contributed by atoms with Gasteiger partial charge in [0, 0.05) is 43.8 Å². The number of rotatable bonds is 6. The average molecular weight is 556 g/mol. The maximum atomic E-state index is 13.6. The van der Waals surface area contributed by atoms with E-state index in [-0.39, 0.29) is 5.91 Å². The fourth-order valence-corrected chi connectivity index (χ4v) is 5.39. The van der Waals surface area contributed by atoms with Gasteiger partial charge in [-0.1, -0.05) is 24.6 Å². The molecule has 2 heterocycles. The maximum Gasteiger partial charge on any atom is 0.435 e. The number of carboxylic acid groups (broad SMARTS) is 1. The van der Waals surface area contributed by atoms with Gasteiger partial charge in [-0.2, -0.15) is 18.3 Å². The summed E-state index contributed by atoms with van der Waals surface area (Å²) in [5.41, 5.74) is -0.312. The minimum absolute atomic E-state index is 0.101. The molecule has 1 unspecified atom stereocenters. The highest BCUT2D eigenvalue weighted by Gasteiger charge is 2.41. The summed E-state index contributed by atoms with van der Waals surface area (Å²) in [6.07, 6.45) is -1.88. The minimum Gasteiger partial charge on any atom is -0.481 e. The first kappa shape index (κ1) is 27.2. The van der Waals surface area contributed by atoms with Crippen LogP contribution in [0.4, 0.5) is 24.5 Å². The Hall–Kier alpha value is -4.35. The van der Waals surface area contributed by atoms with Gasteiger partial charge in [0.1, 0.15) is 0 Å². The molecule has 0 bridgehead atoms. The van der Waals surface area contributed by atoms with Crippen LogP contribution in [-0.2, 0) is 15.8 Å². The molecule has 1 saturated heterocycles. The Morgan fingerprint density at radius 1 is 0.875 bits per heavy atom. The maximum absolute atomic E-state index is 13.6. The van der Waals surface area contributed by atoms with Crippen LogP contribution in [0.2, 0.25) is 0 Å². The number of hydrogen-bond acceptors (Lipinski definition) is 5. The van der Waals surface area contributed by atoms with Gasteiger partial charge >= 0.3 is 12.1 Å². The number of anilines is 2. The van der Waals surface area contributed by atoms with Crippen LogP contribution >= 0.6 is 0 Å². The van der Waals surface area contributed by atoms with Crippen molar-refractivity contribution in [3.63, 3.8) is 0 Å². The number of halogens is 3. The molecule has 1 saturated carbocycles. The van der Waals surface area contributed by atoms with Crippen LogP contribution in [-0.4, -0.2) is 63.7 Å². The zero-order valence-corrected chi connectivity index (χ0v) is 21.5. The van der Waals surface area contributed by atoms with Crippen molar-refractivity contribution < 1.29 is 32.7 Å². The molecule has 3 aromatic rings. The van der Waals surface area contributed by atoms with Crippen LogP contribution in [0.15, 0.2) is 60.8 Å². The predicted octanol–water partition coefficient (Wildman–Crippen LogP) is 4.29. The molecule has 1 aliphatic carbocycles. The normalized spacial score (nSPS) is 19.5. The molecular formula is C28H28F3N5O4. The number of nitrogens with one attached hydrogen (secondary N) is 1. The SMILES string of the molecule is O=C(Nc1ccc(N2CCN(C(=O)C3CCC[C@@H]3C(=O)O)CC2)cc1)c1cn(-c2ccccc2)nc1C(F)(F)F. The first-order chi connectivity index (χ1) is 19.1. The van der Waals surface area contributed by atoms with Gasteiger partial charge in [0.2, 0.25) is 5.91 Å². The third-order valence-electron chi connectivity index (χ3n) is 7.48. The van der Waals surface area contributed by atoms with E-state index in [2.05, 4.69) is 15.3 Å². The zero-order valence-electron chi connectivity index (χ0n) is 21.5. The topological polar surface area (TPSA) is 108 Å². The highest BCUT2D eigenvalue weighted by molar-refractivity contribution is 6.05. The first-order valence-electron chi connectivity index (χ1n) is 13.0. The Balaban J connectivity index is 1.22. The van der Waals surface area contributed by atoms with E-state index in [9.17, 15) is 32.7 Å². The molecule has 210 valence electrons. The molecule has 9 nitrogen and oxygen atoms in total. The standard InChI is InChI=1S/C28H28F3N5O4/c29-28(30,31)24-23(17-36(33-24)20-5-2-1-3-6-20)25(37)32-18-9-11-19(12-10-18)34-13-15-35(16-14-34)26(38)21-7-4-8-22(21)27(39)40/h1-3,5-6,9-12,17,21-22H,4,7-8,13-16H2,(H,32,37)(H,39,40)/t21?,22-/m0/s1. The van der Waals surface area contributed by atoms with E-state index in [1.54, 1.807) is 59.5 Å². The van der Waals surface area contributed by atoms with Crippen molar-refractivity contribution in [2.75, 3.05) is 36.4 Å². The second kappa shape index (κ2) is 11.0. The quantitative estimate of drug-likeness (QED) is 0.470. The average Bonchev–Trinajstić information content (AvgIpc) is 3.62. The third-order valence-corrected chi connectivity index (χ3v) is 7.48. The van der Waals surface area contributed by atoms with Crippen LogP contribution in [0, 0.1) is 11.8 Å². The fraction of sp³-hybridized carbons (Fsp3) is 0.357. The largest absolute Gasteiger partial charge is 0.481 e. The van der Waals surface area contributed by atoms with Gasteiger partial charge in [-0.15, -0.1) is 0 Å².